The van der Waals surface area contributed by atoms with Crippen LogP contribution in [0.25, 0.3) is 89.5 Å². The molecule has 0 fully saturated rings. The zero-order valence-electron chi connectivity index (χ0n) is 54.4. The third kappa shape index (κ3) is 15.1. The van der Waals surface area contributed by atoms with Gasteiger partial charge in [0.2, 0.25) is 22.8 Å². The highest BCUT2D eigenvalue weighted by Gasteiger charge is 2.18. The molecule has 0 spiro atoms. The highest BCUT2D eigenvalue weighted by atomic mass is 14.9. The van der Waals surface area contributed by atoms with Crippen LogP contribution in [0.5, 0.6) is 0 Å². The lowest BCUT2D eigenvalue weighted by atomic mass is 9.99. The first kappa shape index (κ1) is 55.9. The Bertz CT molecular complexity index is 4350. The summed E-state index contributed by atoms with van der Waals surface area (Å²) in [6, 6.07) is 84.7. The fourth-order valence-corrected chi connectivity index (χ4v) is 10.7. The summed E-state index contributed by atoms with van der Waals surface area (Å²) < 4.78 is 31.4. The first-order valence-corrected chi connectivity index (χ1v) is 29.4. The maximum atomic E-state index is 7.60. The number of rotatable bonds is 9. The molecule has 0 saturated carbocycles. The lowest BCUT2D eigenvalue weighted by molar-refractivity contribution is -0.660. The Morgan fingerprint density at radius 2 is 0.565 bits per heavy atom. The SMILES string of the molecule is CCc1ccc(-c2cc[n+](C)c(-c3ccccc3C)c2)cc1.Cc1ccc(-c2cc[n+](C)c(-c3ccccc3C)c2)cc1.Cc1cccc(-c2cc[n+](C)c(-c3ccccc3C)c2)c1.[2H]C([2H])([2H])c1cccc(-c2cc[n+](C)c(-c3ccccc3C)c2)c1. The number of hydrogen-bond donors (Lipinski definition) is 0. The van der Waals surface area contributed by atoms with Crippen LogP contribution in [0, 0.1) is 48.4 Å². The molecule has 8 aromatic carbocycles. The van der Waals surface area contributed by atoms with Gasteiger partial charge in [0.15, 0.2) is 24.8 Å². The van der Waals surface area contributed by atoms with Crippen LogP contribution in [0.2, 0.25) is 0 Å². The number of pyridine rings is 4. The van der Waals surface area contributed by atoms with Gasteiger partial charge in [-0.15, -0.1) is 0 Å². The van der Waals surface area contributed by atoms with Gasteiger partial charge in [0.05, 0.1) is 0 Å². The standard InChI is InChI=1S/C21H22N.3C20H20N/c1-4-17-9-11-18(12-10-17)19-13-14-22(3)21(15-19)20-8-6-5-7-16(20)2;2*1-15-7-6-9-17(13-15)18-11-12-21(3)20(14-18)19-10-5-4-8-16(19)2;1-15-8-10-17(11-9-15)18-12-13-21(3)20(14-18)19-7-5-4-6-16(19)2/h5-15H,4H2,1-3H3;3*4-14H,1-3H3/q4*+1/i;1D3;;. The lowest BCUT2D eigenvalue weighted by Crippen LogP contribution is -2.30. The maximum absolute atomic E-state index is 7.60. The lowest BCUT2D eigenvalue weighted by Gasteiger charge is -2.07. The molecule has 12 aromatic rings. The van der Waals surface area contributed by atoms with Gasteiger partial charge in [-0.2, -0.15) is 0 Å². The van der Waals surface area contributed by atoms with Crippen molar-refractivity contribution in [3.63, 3.8) is 0 Å². The van der Waals surface area contributed by atoms with Crippen molar-refractivity contribution in [1.29, 1.82) is 0 Å². The van der Waals surface area contributed by atoms with Gasteiger partial charge in [-0.1, -0.05) is 193 Å². The van der Waals surface area contributed by atoms with E-state index in [1.165, 1.54) is 112 Å². The van der Waals surface area contributed by atoms with E-state index in [1.54, 1.807) is 18.2 Å². The Hall–Kier alpha value is -9.64. The Morgan fingerprint density at radius 1 is 0.271 bits per heavy atom. The molecule has 422 valence electrons. The quantitative estimate of drug-likeness (QED) is 0.128. The summed E-state index contributed by atoms with van der Waals surface area (Å²) >= 11 is 0. The smallest absolute Gasteiger partial charge is 0.201 e. The number of aryl methyl sites for hydroxylation is 12. The zero-order chi connectivity index (χ0) is 62.5. The second kappa shape index (κ2) is 28.1. The molecule has 0 radical (unpaired) electrons. The van der Waals surface area contributed by atoms with Crippen molar-refractivity contribution in [1.82, 2.24) is 0 Å². The highest BCUT2D eigenvalue weighted by Crippen LogP contribution is 2.30. The van der Waals surface area contributed by atoms with E-state index in [0.717, 1.165) is 23.2 Å². The number of nitrogens with zero attached hydrogens (tertiary/aromatic N) is 4. The molecule has 0 N–H and O–H groups in total. The minimum absolute atomic E-state index is 0.366. The maximum Gasteiger partial charge on any atom is 0.213 e. The fraction of sp³-hybridized carbons (Fsp3) is 0.160. The van der Waals surface area contributed by atoms with E-state index in [2.05, 4.69) is 307 Å². The average Bonchev–Trinajstić information content (AvgIpc) is 2.93. The summed E-state index contributed by atoms with van der Waals surface area (Å²) in [5, 5.41) is 0. The molecule has 0 aliphatic heterocycles. The normalized spacial score (nSPS) is 11.3. The molecule has 0 aliphatic carbocycles. The van der Waals surface area contributed by atoms with Crippen LogP contribution >= 0.6 is 0 Å². The Morgan fingerprint density at radius 3 is 0.882 bits per heavy atom. The van der Waals surface area contributed by atoms with Crippen molar-refractivity contribution in [2.75, 3.05) is 0 Å². The number of benzene rings is 8. The molecule has 0 saturated heterocycles. The molecular weight excluding hydrogens is 1030 g/mol. The molecule has 0 atom stereocenters. The molecule has 4 nitrogen and oxygen atoms in total. The zero-order valence-corrected chi connectivity index (χ0v) is 51.4. The van der Waals surface area contributed by atoms with Crippen molar-refractivity contribution in [2.45, 2.75) is 61.7 Å². The van der Waals surface area contributed by atoms with Crippen molar-refractivity contribution in [3.05, 3.63) is 312 Å². The molecule has 0 unspecified atom stereocenters. The van der Waals surface area contributed by atoms with Crippen molar-refractivity contribution < 1.29 is 22.4 Å². The fourth-order valence-electron chi connectivity index (χ4n) is 10.7. The van der Waals surface area contributed by atoms with Crippen LogP contribution in [0.4, 0.5) is 0 Å². The third-order valence-corrected chi connectivity index (χ3v) is 15.9. The molecule has 85 heavy (non-hydrogen) atoms. The Kier molecular flexibility index (Phi) is 18.5. The van der Waals surface area contributed by atoms with Gasteiger partial charge in [-0.25, -0.2) is 18.3 Å². The summed E-state index contributed by atoms with van der Waals surface area (Å²) in [7, 11) is 8.32. The van der Waals surface area contributed by atoms with E-state index < -0.39 is 6.85 Å². The average molecular weight is 1110 g/mol. The first-order chi connectivity index (χ1) is 42.3. The van der Waals surface area contributed by atoms with Gasteiger partial charge in [0.1, 0.15) is 28.2 Å². The summed E-state index contributed by atoms with van der Waals surface area (Å²) in [4.78, 5) is 0. The predicted molar refractivity (Wildman–Crippen MR) is 356 cm³/mol. The second-order valence-corrected chi connectivity index (χ2v) is 22.3. The highest BCUT2D eigenvalue weighted by molar-refractivity contribution is 5.74. The van der Waals surface area contributed by atoms with Crippen LogP contribution < -0.4 is 18.3 Å². The van der Waals surface area contributed by atoms with E-state index in [4.69, 9.17) is 4.11 Å². The number of aromatic nitrogens is 4. The van der Waals surface area contributed by atoms with E-state index >= 15 is 0 Å². The first-order valence-electron chi connectivity index (χ1n) is 30.9. The topological polar surface area (TPSA) is 15.5 Å². The molecule has 0 aliphatic rings. The molecule has 4 heterocycles. The van der Waals surface area contributed by atoms with Crippen LogP contribution in [-0.2, 0) is 34.6 Å². The van der Waals surface area contributed by atoms with Gasteiger partial charge < -0.3 is 0 Å². The summed E-state index contributed by atoms with van der Waals surface area (Å²) in [6.07, 6.45) is 9.51. The monoisotopic (exact) mass is 1110 g/mol. The summed E-state index contributed by atoms with van der Waals surface area (Å²) in [6.45, 7) is 12.9. The van der Waals surface area contributed by atoms with E-state index in [9.17, 15) is 0 Å². The molecule has 4 heteroatoms. The second-order valence-electron chi connectivity index (χ2n) is 22.3. The Labute approximate surface area is 511 Å². The Balaban J connectivity index is 0.000000140. The van der Waals surface area contributed by atoms with Gasteiger partial charge in [-0.3, -0.25) is 0 Å². The van der Waals surface area contributed by atoms with E-state index in [0.29, 0.717) is 5.56 Å². The van der Waals surface area contributed by atoms with Crippen LogP contribution in [0.1, 0.15) is 55.5 Å². The summed E-state index contributed by atoms with van der Waals surface area (Å²) in [5.74, 6) is 0. The van der Waals surface area contributed by atoms with Crippen molar-refractivity contribution >= 4 is 0 Å². The minimum Gasteiger partial charge on any atom is -0.201 e. The molecular formula is C81H82N4+4. The van der Waals surface area contributed by atoms with E-state index in [-0.39, 0.29) is 0 Å². The van der Waals surface area contributed by atoms with Gasteiger partial charge in [0, 0.05) is 74.9 Å². The number of hydrogen-bond acceptors (Lipinski definition) is 0. The van der Waals surface area contributed by atoms with Gasteiger partial charge in [0.25, 0.3) is 0 Å². The van der Waals surface area contributed by atoms with Crippen LogP contribution in [0.15, 0.2) is 267 Å². The molecule has 0 bridgehead atoms. The van der Waals surface area contributed by atoms with Gasteiger partial charge in [-0.05, 0) is 151 Å². The minimum atomic E-state index is -2.09. The largest absolute Gasteiger partial charge is 0.213 e. The van der Waals surface area contributed by atoms with Gasteiger partial charge >= 0.3 is 0 Å². The third-order valence-electron chi connectivity index (χ3n) is 15.9. The molecule has 4 aromatic heterocycles. The molecule has 12 rings (SSSR count). The van der Waals surface area contributed by atoms with Crippen molar-refractivity contribution in [3.8, 4) is 89.5 Å². The van der Waals surface area contributed by atoms with Crippen LogP contribution in [-0.4, -0.2) is 0 Å². The molecule has 0 amide bonds. The van der Waals surface area contributed by atoms with Crippen LogP contribution in [0.3, 0.4) is 0 Å². The predicted octanol–water partition coefficient (Wildman–Crippen LogP) is 18.1. The van der Waals surface area contributed by atoms with E-state index in [1.807, 2.05) is 37.5 Å². The summed E-state index contributed by atoms with van der Waals surface area (Å²) in [5.41, 5.74) is 28.8. The van der Waals surface area contributed by atoms with Crippen molar-refractivity contribution in [2.24, 2.45) is 28.2 Å².